The van der Waals surface area contributed by atoms with Crippen LogP contribution in [0.3, 0.4) is 0 Å². The Bertz CT molecular complexity index is 1200. The molecule has 1 amide bonds. The number of anilines is 1. The highest BCUT2D eigenvalue weighted by Crippen LogP contribution is 2.44. The maximum atomic E-state index is 13.1. The Morgan fingerprint density at radius 3 is 2.73 bits per heavy atom. The van der Waals surface area contributed by atoms with Gasteiger partial charge in [0.2, 0.25) is 0 Å². The van der Waals surface area contributed by atoms with E-state index in [2.05, 4.69) is 10.6 Å². The molecular weight excluding hydrogens is 400 g/mol. The Morgan fingerprint density at radius 2 is 1.93 bits per heavy atom. The van der Waals surface area contributed by atoms with Gasteiger partial charge in [0.15, 0.2) is 0 Å². The van der Waals surface area contributed by atoms with Crippen LogP contribution in [-0.4, -0.2) is 25.6 Å². The summed E-state index contributed by atoms with van der Waals surface area (Å²) in [6, 6.07) is 7.18. The summed E-state index contributed by atoms with van der Waals surface area (Å²) in [5, 5.41) is 7.28. The topological polar surface area (TPSA) is 80.6 Å². The number of rotatable bonds is 2. The van der Waals surface area contributed by atoms with Crippen LogP contribution in [0, 0.1) is 13.8 Å². The van der Waals surface area contributed by atoms with Gasteiger partial charge in [-0.2, -0.15) is 0 Å². The first-order valence-corrected chi connectivity index (χ1v) is 11.1. The third kappa shape index (κ3) is 3.27. The Kier molecular flexibility index (Phi) is 4.76. The van der Waals surface area contributed by atoms with Gasteiger partial charge in [0.05, 0.1) is 11.5 Å². The molecule has 0 atom stereocenters. The Morgan fingerprint density at radius 1 is 1.13 bits per heavy atom. The normalized spacial score (nSPS) is 17.8. The van der Waals surface area contributed by atoms with Crippen LogP contribution >= 0.6 is 11.3 Å². The fourth-order valence-corrected chi connectivity index (χ4v) is 5.83. The van der Waals surface area contributed by atoms with E-state index in [1.807, 2.05) is 26.0 Å². The van der Waals surface area contributed by atoms with Crippen LogP contribution < -0.4 is 16.3 Å². The lowest BCUT2D eigenvalue weighted by Gasteiger charge is -2.40. The number of fused-ring (bicyclic) bond motifs is 3. The number of carbonyl (C=O) groups is 1. The predicted molar refractivity (Wildman–Crippen MR) is 118 cm³/mol. The summed E-state index contributed by atoms with van der Waals surface area (Å²) in [7, 11) is 0. The molecule has 0 saturated carbocycles. The first-order valence-electron chi connectivity index (χ1n) is 10.3. The van der Waals surface area contributed by atoms with E-state index in [1.54, 1.807) is 17.4 Å². The molecule has 156 valence electrons. The van der Waals surface area contributed by atoms with Gasteiger partial charge in [-0.25, -0.2) is 4.79 Å². The maximum absolute atomic E-state index is 13.1. The monoisotopic (exact) mass is 424 g/mol. The number of aryl methyl sites for hydroxylation is 2. The lowest BCUT2D eigenvalue weighted by molar-refractivity contribution is -0.0771. The number of nitrogens with one attached hydrogen (secondary N) is 2. The van der Waals surface area contributed by atoms with Crippen molar-refractivity contribution in [1.29, 1.82) is 0 Å². The minimum atomic E-state index is -0.366. The third-order valence-electron chi connectivity index (χ3n) is 6.15. The number of ether oxygens (including phenoxy) is 1. The third-order valence-corrected chi connectivity index (χ3v) is 7.51. The molecule has 30 heavy (non-hydrogen) atoms. The van der Waals surface area contributed by atoms with E-state index in [4.69, 9.17) is 9.15 Å². The summed E-state index contributed by atoms with van der Waals surface area (Å²) in [5.74, 6) is -0.115. The second-order valence-electron chi connectivity index (χ2n) is 8.17. The zero-order valence-electron chi connectivity index (χ0n) is 17.1. The van der Waals surface area contributed by atoms with Crippen molar-refractivity contribution in [3.05, 3.63) is 61.1 Å². The van der Waals surface area contributed by atoms with Crippen molar-refractivity contribution < 1.29 is 13.9 Å². The Hall–Kier alpha value is -2.48. The summed E-state index contributed by atoms with van der Waals surface area (Å²) in [5.41, 5.74) is 3.57. The van der Waals surface area contributed by atoms with Gasteiger partial charge >= 0.3 is 5.63 Å². The number of hydrogen-bond acceptors (Lipinski definition) is 6. The Labute approximate surface area is 178 Å². The number of amides is 1. The van der Waals surface area contributed by atoms with Crippen LogP contribution in [0.2, 0.25) is 0 Å². The molecule has 5 rings (SSSR count). The highest BCUT2D eigenvalue weighted by molar-refractivity contribution is 7.14. The van der Waals surface area contributed by atoms with Gasteiger partial charge in [-0.15, -0.1) is 11.3 Å². The SMILES string of the molecule is Cc1cc2oc(=O)cc(C)c2cc1NC(=O)c1cc2c(s1)C1(CCNCC1)OCC2. The highest BCUT2D eigenvalue weighted by atomic mass is 32.1. The second-order valence-corrected chi connectivity index (χ2v) is 9.23. The molecule has 2 aliphatic rings. The first-order chi connectivity index (χ1) is 14.4. The lowest BCUT2D eigenvalue weighted by Crippen LogP contribution is -2.43. The first kappa shape index (κ1) is 19.5. The van der Waals surface area contributed by atoms with E-state index in [1.165, 1.54) is 16.5 Å². The molecule has 1 spiro atoms. The van der Waals surface area contributed by atoms with Crippen molar-refractivity contribution in [3.8, 4) is 0 Å². The van der Waals surface area contributed by atoms with Gasteiger partial charge in [0.25, 0.3) is 5.91 Å². The molecule has 7 heteroatoms. The number of carbonyl (C=O) groups excluding carboxylic acids is 1. The number of thiophene rings is 1. The van der Waals surface area contributed by atoms with Gasteiger partial charge in [-0.3, -0.25) is 4.79 Å². The van der Waals surface area contributed by atoms with Crippen molar-refractivity contribution in [2.45, 2.75) is 38.7 Å². The molecular formula is C23H24N2O4S. The lowest BCUT2D eigenvalue weighted by atomic mass is 9.86. The average Bonchev–Trinajstić information content (AvgIpc) is 3.16. The molecule has 1 aromatic carbocycles. The molecule has 1 saturated heterocycles. The smallest absolute Gasteiger partial charge is 0.336 e. The van der Waals surface area contributed by atoms with Gasteiger partial charge in [0, 0.05) is 22.0 Å². The van der Waals surface area contributed by atoms with Crippen molar-refractivity contribution in [2.75, 3.05) is 25.0 Å². The van der Waals surface area contributed by atoms with Crippen LogP contribution in [0.25, 0.3) is 11.0 Å². The molecule has 0 bridgehead atoms. The molecule has 2 aliphatic heterocycles. The van der Waals surface area contributed by atoms with E-state index in [-0.39, 0.29) is 17.1 Å². The molecule has 0 unspecified atom stereocenters. The summed E-state index contributed by atoms with van der Waals surface area (Å²) in [6.45, 7) is 6.34. The molecule has 0 aliphatic carbocycles. The second kappa shape index (κ2) is 7.34. The van der Waals surface area contributed by atoms with Crippen LogP contribution in [0.5, 0.6) is 0 Å². The van der Waals surface area contributed by atoms with Crippen LogP contribution in [-0.2, 0) is 16.8 Å². The van der Waals surface area contributed by atoms with Crippen molar-refractivity contribution in [3.63, 3.8) is 0 Å². The Balaban J connectivity index is 1.47. The minimum absolute atomic E-state index is 0.115. The molecule has 2 N–H and O–H groups in total. The van der Waals surface area contributed by atoms with Gasteiger partial charge < -0.3 is 19.8 Å². The zero-order valence-corrected chi connectivity index (χ0v) is 17.9. The molecule has 4 heterocycles. The minimum Gasteiger partial charge on any atom is -0.423 e. The summed E-state index contributed by atoms with van der Waals surface area (Å²) >= 11 is 1.56. The van der Waals surface area contributed by atoms with E-state index < -0.39 is 0 Å². The molecule has 0 radical (unpaired) electrons. The standard InChI is InChI=1S/C23H24N2O4S/c1-13-10-20(26)29-18-9-14(2)17(12-16(13)18)25-22(27)19-11-15-3-8-28-23(21(15)30-19)4-6-24-7-5-23/h9-12,24H,3-8H2,1-2H3,(H,25,27). The van der Waals surface area contributed by atoms with E-state index in [9.17, 15) is 9.59 Å². The maximum Gasteiger partial charge on any atom is 0.336 e. The predicted octanol–water partition coefficient (Wildman–Crippen LogP) is 3.88. The van der Waals surface area contributed by atoms with Crippen LogP contribution in [0.4, 0.5) is 5.69 Å². The van der Waals surface area contributed by atoms with Crippen molar-refractivity contribution in [1.82, 2.24) is 5.32 Å². The molecule has 1 fully saturated rings. The summed E-state index contributed by atoms with van der Waals surface area (Å²) < 4.78 is 11.5. The largest absolute Gasteiger partial charge is 0.423 e. The molecule has 6 nitrogen and oxygen atoms in total. The van der Waals surface area contributed by atoms with Gasteiger partial charge in [0.1, 0.15) is 11.2 Å². The van der Waals surface area contributed by atoms with E-state index in [0.29, 0.717) is 17.1 Å². The number of hydrogen-bond donors (Lipinski definition) is 2. The van der Waals surface area contributed by atoms with Gasteiger partial charge in [-0.1, -0.05) is 0 Å². The van der Waals surface area contributed by atoms with E-state index in [0.717, 1.165) is 54.6 Å². The zero-order chi connectivity index (χ0) is 20.9. The fraction of sp³-hybridized carbons (Fsp3) is 0.391. The number of piperidine rings is 1. The summed E-state index contributed by atoms with van der Waals surface area (Å²) in [6.07, 6.45) is 2.73. The van der Waals surface area contributed by atoms with Crippen molar-refractivity contribution in [2.24, 2.45) is 0 Å². The number of benzene rings is 1. The van der Waals surface area contributed by atoms with Crippen LogP contribution in [0.15, 0.2) is 33.5 Å². The summed E-state index contributed by atoms with van der Waals surface area (Å²) in [4.78, 5) is 26.7. The van der Waals surface area contributed by atoms with Gasteiger partial charge in [-0.05, 0) is 81.1 Å². The average molecular weight is 425 g/mol. The molecule has 3 aromatic rings. The van der Waals surface area contributed by atoms with E-state index >= 15 is 0 Å². The fourth-order valence-electron chi connectivity index (χ4n) is 4.52. The van der Waals surface area contributed by atoms with Crippen LogP contribution in [0.1, 0.15) is 44.1 Å². The van der Waals surface area contributed by atoms with Crippen molar-refractivity contribution >= 4 is 33.9 Å². The highest BCUT2D eigenvalue weighted by Gasteiger charge is 2.41. The molecule has 2 aromatic heterocycles. The quantitative estimate of drug-likeness (QED) is 0.611.